The van der Waals surface area contributed by atoms with E-state index >= 15 is 0 Å². The van der Waals surface area contributed by atoms with E-state index in [9.17, 15) is 4.39 Å². The fourth-order valence-electron chi connectivity index (χ4n) is 2.48. The molecule has 1 aromatic carbocycles. The summed E-state index contributed by atoms with van der Waals surface area (Å²) in [5.74, 6) is 0.921. The second-order valence-corrected chi connectivity index (χ2v) is 4.70. The van der Waals surface area contributed by atoms with Crippen molar-refractivity contribution in [2.75, 3.05) is 0 Å². The highest BCUT2D eigenvalue weighted by molar-refractivity contribution is 5.58. The number of imidazole rings is 1. The van der Waals surface area contributed by atoms with Crippen molar-refractivity contribution < 1.29 is 4.39 Å². The molecule has 0 amide bonds. The van der Waals surface area contributed by atoms with Gasteiger partial charge in [0.1, 0.15) is 11.6 Å². The lowest BCUT2D eigenvalue weighted by atomic mass is 10.1. The second kappa shape index (κ2) is 3.99. The maximum absolute atomic E-state index is 13.2. The van der Waals surface area contributed by atoms with Crippen LogP contribution in [-0.4, -0.2) is 9.55 Å². The van der Waals surface area contributed by atoms with Gasteiger partial charge in [-0.05, 0) is 31.9 Å². The van der Waals surface area contributed by atoms with E-state index in [2.05, 4.69) is 16.5 Å². The molecule has 1 aromatic heterocycles. The Labute approximate surface area is 100 Å². The fourth-order valence-corrected chi connectivity index (χ4v) is 2.48. The highest BCUT2D eigenvalue weighted by Gasteiger charge is 2.18. The summed E-state index contributed by atoms with van der Waals surface area (Å²) in [6.07, 6.45) is 5.47. The molecule has 88 valence electrons. The van der Waals surface area contributed by atoms with Gasteiger partial charge in [-0.15, -0.1) is 0 Å². The molecular weight excluding hydrogens is 215 g/mol. The van der Waals surface area contributed by atoms with Gasteiger partial charge in [-0.2, -0.15) is 0 Å². The lowest BCUT2D eigenvalue weighted by molar-refractivity contribution is 0.426. The van der Waals surface area contributed by atoms with Crippen molar-refractivity contribution >= 4 is 0 Å². The van der Waals surface area contributed by atoms with Gasteiger partial charge in [0.05, 0.1) is 5.69 Å². The van der Waals surface area contributed by atoms with Crippen LogP contribution in [0, 0.1) is 5.82 Å². The highest BCUT2D eigenvalue weighted by atomic mass is 19.1. The molecule has 0 spiro atoms. The topological polar surface area (TPSA) is 17.8 Å². The summed E-state index contributed by atoms with van der Waals surface area (Å²) >= 11 is 0. The van der Waals surface area contributed by atoms with Crippen LogP contribution in [0.4, 0.5) is 4.39 Å². The molecule has 0 radical (unpaired) electrons. The van der Waals surface area contributed by atoms with Crippen molar-refractivity contribution in [3.8, 4) is 11.3 Å². The van der Waals surface area contributed by atoms with Gasteiger partial charge in [0.2, 0.25) is 0 Å². The standard InChI is InChI=1S/C14H15FN2/c1-10-4-2-7-14-16-13(9-17(10)14)11-5-3-6-12(15)8-11/h3,5-6,8-10H,2,4,7H2,1H3/t10-/m1/s1. The lowest BCUT2D eigenvalue weighted by Crippen LogP contribution is -2.14. The SMILES string of the molecule is C[C@@H]1CCCc2nc(-c3cccc(F)c3)cn21. The molecule has 0 unspecified atom stereocenters. The molecule has 0 bridgehead atoms. The van der Waals surface area contributed by atoms with Crippen molar-refractivity contribution in [3.05, 3.63) is 42.1 Å². The number of benzene rings is 1. The zero-order valence-electron chi connectivity index (χ0n) is 9.86. The van der Waals surface area contributed by atoms with Crippen LogP contribution < -0.4 is 0 Å². The average molecular weight is 230 g/mol. The number of aryl methyl sites for hydroxylation is 1. The predicted octanol–water partition coefficient (Wildman–Crippen LogP) is 3.59. The minimum Gasteiger partial charge on any atom is -0.331 e. The molecular formula is C14H15FN2. The first-order valence-corrected chi connectivity index (χ1v) is 6.08. The van der Waals surface area contributed by atoms with Crippen molar-refractivity contribution in [1.82, 2.24) is 9.55 Å². The fraction of sp³-hybridized carbons (Fsp3) is 0.357. The molecule has 0 aliphatic carbocycles. The highest BCUT2D eigenvalue weighted by Crippen LogP contribution is 2.28. The van der Waals surface area contributed by atoms with Gasteiger partial charge in [0.15, 0.2) is 0 Å². The van der Waals surface area contributed by atoms with Gasteiger partial charge in [-0.3, -0.25) is 0 Å². The van der Waals surface area contributed by atoms with Crippen LogP contribution in [0.5, 0.6) is 0 Å². The van der Waals surface area contributed by atoms with E-state index < -0.39 is 0 Å². The van der Waals surface area contributed by atoms with E-state index in [-0.39, 0.29) is 5.82 Å². The first-order valence-electron chi connectivity index (χ1n) is 6.08. The maximum atomic E-state index is 13.2. The summed E-state index contributed by atoms with van der Waals surface area (Å²) in [5.41, 5.74) is 1.74. The molecule has 0 N–H and O–H groups in total. The quantitative estimate of drug-likeness (QED) is 0.732. The van der Waals surface area contributed by atoms with E-state index in [0.29, 0.717) is 6.04 Å². The summed E-state index contributed by atoms with van der Waals surface area (Å²) in [6, 6.07) is 7.14. The van der Waals surface area contributed by atoms with Gasteiger partial charge in [-0.25, -0.2) is 9.37 Å². The lowest BCUT2D eigenvalue weighted by Gasteiger charge is -2.20. The first-order chi connectivity index (χ1) is 8.24. The van der Waals surface area contributed by atoms with Gasteiger partial charge >= 0.3 is 0 Å². The Bertz CT molecular complexity index is 545. The maximum Gasteiger partial charge on any atom is 0.123 e. The minimum atomic E-state index is -0.207. The van der Waals surface area contributed by atoms with Crippen LogP contribution in [0.15, 0.2) is 30.5 Å². The summed E-state index contributed by atoms with van der Waals surface area (Å²) in [5, 5.41) is 0. The third-order valence-electron chi connectivity index (χ3n) is 3.43. The van der Waals surface area contributed by atoms with Crippen LogP contribution in [0.25, 0.3) is 11.3 Å². The van der Waals surface area contributed by atoms with E-state index in [4.69, 9.17) is 0 Å². The zero-order chi connectivity index (χ0) is 11.8. The normalized spacial score (nSPS) is 19.1. The van der Waals surface area contributed by atoms with Gasteiger partial charge < -0.3 is 4.57 Å². The smallest absolute Gasteiger partial charge is 0.123 e. The molecule has 1 atom stereocenters. The van der Waals surface area contributed by atoms with Crippen LogP contribution in [0.3, 0.4) is 0 Å². The molecule has 0 saturated carbocycles. The second-order valence-electron chi connectivity index (χ2n) is 4.70. The number of hydrogen-bond acceptors (Lipinski definition) is 1. The van der Waals surface area contributed by atoms with E-state index in [1.165, 1.54) is 18.9 Å². The van der Waals surface area contributed by atoms with E-state index in [1.54, 1.807) is 12.1 Å². The van der Waals surface area contributed by atoms with Crippen molar-refractivity contribution in [3.63, 3.8) is 0 Å². The van der Waals surface area contributed by atoms with E-state index in [0.717, 1.165) is 23.5 Å². The third-order valence-corrected chi connectivity index (χ3v) is 3.43. The number of rotatable bonds is 1. The zero-order valence-corrected chi connectivity index (χ0v) is 9.86. The Morgan fingerprint density at radius 2 is 2.29 bits per heavy atom. The number of aromatic nitrogens is 2. The number of hydrogen-bond donors (Lipinski definition) is 0. The molecule has 17 heavy (non-hydrogen) atoms. The molecule has 1 aliphatic heterocycles. The molecule has 3 heteroatoms. The van der Waals surface area contributed by atoms with Crippen LogP contribution in [0.2, 0.25) is 0 Å². The molecule has 3 rings (SSSR count). The number of nitrogens with zero attached hydrogens (tertiary/aromatic N) is 2. The van der Waals surface area contributed by atoms with Crippen LogP contribution >= 0.6 is 0 Å². The number of halogens is 1. The van der Waals surface area contributed by atoms with Crippen molar-refractivity contribution in [2.24, 2.45) is 0 Å². The average Bonchev–Trinajstić information content (AvgIpc) is 2.74. The predicted molar refractivity (Wildman–Crippen MR) is 65.3 cm³/mol. The first kappa shape index (κ1) is 10.5. The molecule has 2 nitrogen and oxygen atoms in total. The van der Waals surface area contributed by atoms with Crippen molar-refractivity contribution in [1.29, 1.82) is 0 Å². The summed E-state index contributed by atoms with van der Waals surface area (Å²) in [4.78, 5) is 4.61. The molecule has 1 aliphatic rings. The minimum absolute atomic E-state index is 0.207. The monoisotopic (exact) mass is 230 g/mol. The van der Waals surface area contributed by atoms with Crippen molar-refractivity contribution in [2.45, 2.75) is 32.2 Å². The van der Waals surface area contributed by atoms with Gasteiger partial charge in [-0.1, -0.05) is 12.1 Å². The molecule has 0 saturated heterocycles. The summed E-state index contributed by atoms with van der Waals surface area (Å²) < 4.78 is 15.4. The van der Waals surface area contributed by atoms with Crippen LogP contribution in [0.1, 0.15) is 31.6 Å². The molecule has 0 fully saturated rings. The van der Waals surface area contributed by atoms with Crippen LogP contribution in [-0.2, 0) is 6.42 Å². The molecule has 2 aromatic rings. The van der Waals surface area contributed by atoms with Gasteiger partial charge in [0.25, 0.3) is 0 Å². The third kappa shape index (κ3) is 1.86. The Hall–Kier alpha value is -1.64. The Kier molecular flexibility index (Phi) is 2.46. The Morgan fingerprint density at radius 3 is 3.06 bits per heavy atom. The molecule has 2 heterocycles. The number of fused-ring (bicyclic) bond motifs is 1. The Morgan fingerprint density at radius 1 is 1.41 bits per heavy atom. The summed E-state index contributed by atoms with van der Waals surface area (Å²) in [7, 11) is 0. The largest absolute Gasteiger partial charge is 0.331 e. The van der Waals surface area contributed by atoms with Gasteiger partial charge in [0, 0.05) is 24.2 Å². The Balaban J connectivity index is 2.05. The summed E-state index contributed by atoms with van der Waals surface area (Å²) in [6.45, 7) is 2.21. The van der Waals surface area contributed by atoms with E-state index in [1.807, 2.05) is 12.3 Å².